The van der Waals surface area contributed by atoms with E-state index in [9.17, 15) is 36.0 Å². The third-order valence-electron chi connectivity index (χ3n) is 4.87. The molecular formula is C21H23ClF3NO5S2. The van der Waals surface area contributed by atoms with Crippen LogP contribution in [0.3, 0.4) is 0 Å². The first-order chi connectivity index (χ1) is 14.9. The Balaban J connectivity index is 2.60. The van der Waals surface area contributed by atoms with E-state index >= 15 is 0 Å². The first-order valence-electron chi connectivity index (χ1n) is 9.58. The molecular weight excluding hydrogens is 503 g/mol. The van der Waals surface area contributed by atoms with E-state index in [1.807, 2.05) is 0 Å². The number of halogens is 4. The summed E-state index contributed by atoms with van der Waals surface area (Å²) in [5.41, 5.74) is -5.70. The summed E-state index contributed by atoms with van der Waals surface area (Å²) in [5, 5.41) is 12.9. The van der Waals surface area contributed by atoms with Gasteiger partial charge in [-0.3, -0.25) is 4.79 Å². The first-order valence-corrected chi connectivity index (χ1v) is 13.0. The Morgan fingerprint density at radius 2 is 1.79 bits per heavy atom. The highest BCUT2D eigenvalue weighted by molar-refractivity contribution is 7.92. The highest BCUT2D eigenvalue weighted by atomic mass is 35.5. The van der Waals surface area contributed by atoms with E-state index < -0.39 is 47.8 Å². The number of alkyl halides is 3. The number of aromatic hydroxyl groups is 1. The molecule has 1 atom stereocenters. The summed E-state index contributed by atoms with van der Waals surface area (Å²) in [6.07, 6.45) is 1.70. The number of carbonyl (C=O) groups excluding carboxylic acids is 1. The highest BCUT2D eigenvalue weighted by Crippen LogP contribution is 2.40. The van der Waals surface area contributed by atoms with Crippen molar-refractivity contribution in [1.82, 2.24) is 0 Å². The summed E-state index contributed by atoms with van der Waals surface area (Å²) in [6, 6.07) is 3.76. The molecule has 0 saturated heterocycles. The zero-order chi connectivity index (χ0) is 25.5. The zero-order valence-corrected chi connectivity index (χ0v) is 20.8. The van der Waals surface area contributed by atoms with Crippen LogP contribution in [0.2, 0.25) is 5.02 Å². The number of benzene rings is 2. The molecule has 2 aromatic rings. The lowest BCUT2D eigenvalue weighted by molar-refractivity contribution is -0.0436. The molecule has 2 aromatic carbocycles. The molecule has 0 heterocycles. The van der Waals surface area contributed by atoms with E-state index in [0.717, 1.165) is 6.07 Å². The van der Waals surface area contributed by atoms with Crippen LogP contribution in [-0.2, 0) is 32.8 Å². The van der Waals surface area contributed by atoms with Crippen molar-refractivity contribution >= 4 is 44.2 Å². The molecule has 0 bridgehead atoms. The quantitative estimate of drug-likeness (QED) is 0.522. The molecule has 12 heteroatoms. The van der Waals surface area contributed by atoms with Crippen LogP contribution in [0.1, 0.15) is 49.2 Å². The van der Waals surface area contributed by atoms with Crippen LogP contribution in [0.4, 0.5) is 18.9 Å². The van der Waals surface area contributed by atoms with Crippen LogP contribution in [0, 0.1) is 0 Å². The maximum atomic E-state index is 13.1. The zero-order valence-electron chi connectivity index (χ0n) is 18.4. The minimum Gasteiger partial charge on any atom is -0.612 e. The molecule has 182 valence electrons. The third kappa shape index (κ3) is 5.42. The van der Waals surface area contributed by atoms with E-state index in [1.165, 1.54) is 6.26 Å². The Kier molecular flexibility index (Phi) is 7.74. The number of anilines is 1. The summed E-state index contributed by atoms with van der Waals surface area (Å²) in [7, 11) is -5.62. The molecule has 1 amide bonds. The van der Waals surface area contributed by atoms with Gasteiger partial charge in [0.2, 0.25) is 0 Å². The van der Waals surface area contributed by atoms with Gasteiger partial charge in [-0.1, -0.05) is 39.3 Å². The number of rotatable bonds is 5. The van der Waals surface area contributed by atoms with Crippen LogP contribution in [-0.4, -0.2) is 35.7 Å². The Hall–Kier alpha value is -1.95. The Bertz CT molecular complexity index is 1190. The van der Waals surface area contributed by atoms with Gasteiger partial charge in [-0.05, 0) is 41.2 Å². The van der Waals surface area contributed by atoms with Crippen molar-refractivity contribution in [3.63, 3.8) is 0 Å². The number of phenols is 1. The molecule has 0 aliphatic heterocycles. The molecule has 1 unspecified atom stereocenters. The second-order valence-electron chi connectivity index (χ2n) is 8.23. The van der Waals surface area contributed by atoms with Gasteiger partial charge in [-0.15, -0.1) is 0 Å². The maximum absolute atomic E-state index is 13.1. The summed E-state index contributed by atoms with van der Waals surface area (Å²) < 4.78 is 73.9. The van der Waals surface area contributed by atoms with Gasteiger partial charge in [0.1, 0.15) is 12.0 Å². The SMILES string of the molecule is CCc1c([S+](C)[O-])cc(C(C)(C)C)c(O)c1C(=O)Nc1ccc(S(=O)(=O)C(F)(F)F)cc1Cl. The largest absolute Gasteiger partial charge is 0.612 e. The second-order valence-corrected chi connectivity index (χ2v) is 11.9. The molecule has 0 aliphatic rings. The van der Waals surface area contributed by atoms with Crippen molar-refractivity contribution in [1.29, 1.82) is 0 Å². The van der Waals surface area contributed by atoms with Crippen LogP contribution in [0.25, 0.3) is 0 Å². The fourth-order valence-electron chi connectivity index (χ4n) is 3.19. The summed E-state index contributed by atoms with van der Waals surface area (Å²) >= 11 is 4.47. The van der Waals surface area contributed by atoms with Crippen molar-refractivity contribution in [3.05, 3.63) is 46.0 Å². The third-order valence-corrected chi connectivity index (χ3v) is 7.65. The predicted octanol–water partition coefficient (Wildman–Crippen LogP) is 5.19. The van der Waals surface area contributed by atoms with Crippen molar-refractivity contribution in [2.75, 3.05) is 11.6 Å². The lowest BCUT2D eigenvalue weighted by Crippen LogP contribution is -2.23. The molecule has 33 heavy (non-hydrogen) atoms. The number of hydrogen-bond acceptors (Lipinski definition) is 5. The van der Waals surface area contributed by atoms with Gasteiger partial charge in [-0.25, -0.2) is 8.42 Å². The average molecular weight is 526 g/mol. The molecule has 0 aromatic heterocycles. The van der Waals surface area contributed by atoms with Gasteiger partial charge >= 0.3 is 5.51 Å². The second kappa shape index (κ2) is 9.36. The van der Waals surface area contributed by atoms with E-state index in [4.69, 9.17) is 11.6 Å². The topological polar surface area (TPSA) is 107 Å². The molecule has 0 spiro atoms. The number of phenolic OH excluding ortho intramolecular Hbond substituents is 1. The number of carbonyl (C=O) groups is 1. The van der Waals surface area contributed by atoms with Crippen molar-refractivity contribution in [2.24, 2.45) is 0 Å². The van der Waals surface area contributed by atoms with Crippen LogP contribution in [0.5, 0.6) is 5.75 Å². The molecule has 0 saturated carbocycles. The Morgan fingerprint density at radius 3 is 2.21 bits per heavy atom. The van der Waals surface area contributed by atoms with Gasteiger partial charge in [0.25, 0.3) is 15.7 Å². The lowest BCUT2D eigenvalue weighted by atomic mass is 9.83. The molecule has 6 nitrogen and oxygen atoms in total. The van der Waals surface area contributed by atoms with Crippen LogP contribution < -0.4 is 5.32 Å². The fraction of sp³-hybridized carbons (Fsp3) is 0.381. The minimum absolute atomic E-state index is 0.141. The number of hydrogen-bond donors (Lipinski definition) is 2. The Labute approximate surface area is 198 Å². The summed E-state index contributed by atoms with van der Waals surface area (Å²) in [6.45, 7) is 7.11. The summed E-state index contributed by atoms with van der Waals surface area (Å²) in [5.74, 6) is -1.16. The first kappa shape index (κ1) is 27.3. The molecule has 0 fully saturated rings. The highest BCUT2D eigenvalue weighted by Gasteiger charge is 2.47. The maximum Gasteiger partial charge on any atom is 0.501 e. The number of nitrogens with one attached hydrogen (secondary N) is 1. The fourth-order valence-corrected chi connectivity index (χ4v) is 5.15. The van der Waals surface area contributed by atoms with Crippen molar-refractivity contribution in [2.45, 2.75) is 54.8 Å². The normalized spacial score (nSPS) is 13.6. The van der Waals surface area contributed by atoms with Gasteiger partial charge in [0.05, 0.1) is 21.2 Å². The summed E-state index contributed by atoms with van der Waals surface area (Å²) in [4.78, 5) is 12.4. The smallest absolute Gasteiger partial charge is 0.501 e. The number of sulfone groups is 1. The van der Waals surface area contributed by atoms with Crippen LogP contribution in [0.15, 0.2) is 34.1 Å². The van der Waals surface area contributed by atoms with E-state index in [-0.39, 0.29) is 23.4 Å². The average Bonchev–Trinajstić information content (AvgIpc) is 2.66. The predicted molar refractivity (Wildman–Crippen MR) is 121 cm³/mol. The molecule has 2 rings (SSSR count). The molecule has 0 radical (unpaired) electrons. The van der Waals surface area contributed by atoms with Crippen molar-refractivity contribution < 1.29 is 36.0 Å². The lowest BCUT2D eigenvalue weighted by Gasteiger charge is -2.25. The van der Waals surface area contributed by atoms with Crippen molar-refractivity contribution in [3.8, 4) is 5.75 Å². The minimum atomic E-state index is -5.62. The number of amides is 1. The standard InChI is InChI=1S/C21H23ClF3NO5S2/c1-6-12-16(32(5)29)10-13(20(2,3)4)18(27)17(12)19(28)26-15-8-7-11(9-14(15)22)33(30,31)21(23,24)25/h7-10,27H,6H2,1-5H3,(H,26,28). The monoisotopic (exact) mass is 525 g/mol. The van der Waals surface area contributed by atoms with Gasteiger partial charge < -0.3 is 15.0 Å². The van der Waals surface area contributed by atoms with Gasteiger partial charge in [0, 0.05) is 17.2 Å². The molecule has 0 aliphatic carbocycles. The van der Waals surface area contributed by atoms with Gasteiger partial charge in [-0.2, -0.15) is 13.2 Å². The van der Waals surface area contributed by atoms with E-state index in [0.29, 0.717) is 28.2 Å². The Morgan fingerprint density at radius 1 is 1.21 bits per heavy atom. The van der Waals surface area contributed by atoms with E-state index in [1.54, 1.807) is 33.8 Å². The van der Waals surface area contributed by atoms with Crippen LogP contribution >= 0.6 is 11.6 Å². The molecule has 2 N–H and O–H groups in total. The van der Waals surface area contributed by atoms with Gasteiger partial charge in [0.15, 0.2) is 4.90 Å². The van der Waals surface area contributed by atoms with E-state index in [2.05, 4.69) is 5.32 Å².